The van der Waals surface area contributed by atoms with Gasteiger partial charge in [0.2, 0.25) is 5.91 Å². The minimum absolute atomic E-state index is 0.0109. The van der Waals surface area contributed by atoms with Crippen LogP contribution < -0.4 is 4.74 Å². The first-order chi connectivity index (χ1) is 15.0. The van der Waals surface area contributed by atoms with E-state index in [-0.39, 0.29) is 29.7 Å². The van der Waals surface area contributed by atoms with Gasteiger partial charge < -0.3 is 14.5 Å². The number of aryl methyl sites for hydroxylation is 1. The second kappa shape index (κ2) is 7.68. The van der Waals surface area contributed by atoms with Crippen molar-refractivity contribution in [2.24, 2.45) is 7.05 Å². The van der Waals surface area contributed by atoms with Crippen molar-refractivity contribution in [2.75, 3.05) is 19.7 Å². The molecule has 5 rings (SSSR count). The molecule has 2 atom stereocenters. The molecule has 0 saturated carbocycles. The van der Waals surface area contributed by atoms with Crippen LogP contribution in [-0.4, -0.2) is 63.2 Å². The number of nitrogens with zero attached hydrogens (tertiary/aromatic N) is 4. The summed E-state index contributed by atoms with van der Waals surface area (Å²) in [6.07, 6.45) is 1.06. The molecular weight excluding hydrogens is 399 g/mol. The summed E-state index contributed by atoms with van der Waals surface area (Å²) in [6.45, 7) is 1.35. The molecule has 2 aliphatic rings. The molecule has 31 heavy (non-hydrogen) atoms. The van der Waals surface area contributed by atoms with Crippen molar-refractivity contribution >= 4 is 22.7 Å². The topological polar surface area (TPSA) is 67.7 Å². The molecule has 2 aliphatic heterocycles. The third-order valence-electron chi connectivity index (χ3n) is 6.25. The number of benzene rings is 2. The van der Waals surface area contributed by atoms with Crippen molar-refractivity contribution in [1.82, 2.24) is 19.6 Å². The maximum Gasteiger partial charge on any atom is 0.275 e. The van der Waals surface area contributed by atoms with Gasteiger partial charge in [-0.1, -0.05) is 18.2 Å². The predicted molar refractivity (Wildman–Crippen MR) is 112 cm³/mol. The first-order valence-electron chi connectivity index (χ1n) is 10.4. The third-order valence-corrected chi connectivity index (χ3v) is 6.25. The number of hydrogen-bond acceptors (Lipinski definition) is 4. The summed E-state index contributed by atoms with van der Waals surface area (Å²) < 4.78 is 20.4. The second-order valence-electron chi connectivity index (χ2n) is 8.00. The van der Waals surface area contributed by atoms with Crippen molar-refractivity contribution in [2.45, 2.75) is 24.9 Å². The molecule has 2 saturated heterocycles. The number of para-hydroxylation sites is 1. The normalized spacial score (nSPS) is 20.5. The van der Waals surface area contributed by atoms with Crippen molar-refractivity contribution < 1.29 is 18.7 Å². The highest BCUT2D eigenvalue weighted by molar-refractivity contribution is 6.05. The fourth-order valence-corrected chi connectivity index (χ4v) is 4.77. The molecule has 7 nitrogen and oxygen atoms in total. The Morgan fingerprint density at radius 3 is 2.74 bits per heavy atom. The van der Waals surface area contributed by atoms with Crippen LogP contribution in [0.3, 0.4) is 0 Å². The number of aromatic nitrogens is 2. The Labute approximate surface area is 179 Å². The Morgan fingerprint density at radius 2 is 1.94 bits per heavy atom. The standard InChI is InChI=1S/C23H23FN4O3/c1-26-18-5-3-2-4-17(18)22(25-26)23(30)28-11-10-19-20(28)14-21(29)27(19)12-13-31-16-8-6-15(24)7-9-16/h2-9,19-20H,10-14H2,1H3/t19-,20-/m0/s1. The molecule has 0 radical (unpaired) electrons. The van der Waals surface area contributed by atoms with Gasteiger partial charge in [-0.05, 0) is 36.8 Å². The van der Waals surface area contributed by atoms with E-state index >= 15 is 0 Å². The van der Waals surface area contributed by atoms with Crippen molar-refractivity contribution in [3.63, 3.8) is 0 Å². The Bertz CT molecular complexity index is 1140. The van der Waals surface area contributed by atoms with Crippen molar-refractivity contribution in [1.29, 1.82) is 0 Å². The van der Waals surface area contributed by atoms with E-state index in [4.69, 9.17) is 4.74 Å². The van der Waals surface area contributed by atoms with Crippen LogP contribution in [0.25, 0.3) is 10.9 Å². The number of fused-ring (bicyclic) bond motifs is 2. The molecule has 0 aliphatic carbocycles. The van der Waals surface area contributed by atoms with Crippen LogP contribution in [0.2, 0.25) is 0 Å². The zero-order valence-electron chi connectivity index (χ0n) is 17.2. The van der Waals surface area contributed by atoms with E-state index in [0.717, 1.165) is 17.3 Å². The van der Waals surface area contributed by atoms with Gasteiger partial charge in [0.05, 0.1) is 24.1 Å². The van der Waals surface area contributed by atoms with Crippen LogP contribution >= 0.6 is 0 Å². The highest BCUT2D eigenvalue weighted by Crippen LogP contribution is 2.34. The minimum Gasteiger partial charge on any atom is -0.492 e. The van der Waals surface area contributed by atoms with E-state index in [9.17, 15) is 14.0 Å². The molecule has 0 N–H and O–H groups in total. The molecule has 8 heteroatoms. The number of rotatable bonds is 5. The zero-order valence-corrected chi connectivity index (χ0v) is 17.2. The van der Waals surface area contributed by atoms with Crippen LogP contribution in [-0.2, 0) is 11.8 Å². The summed E-state index contributed by atoms with van der Waals surface area (Å²) in [5, 5.41) is 5.28. The van der Waals surface area contributed by atoms with Crippen LogP contribution in [0, 0.1) is 5.82 Å². The van der Waals surface area contributed by atoms with Gasteiger partial charge in [-0.15, -0.1) is 0 Å². The van der Waals surface area contributed by atoms with Crippen LogP contribution in [0.4, 0.5) is 4.39 Å². The van der Waals surface area contributed by atoms with E-state index in [2.05, 4.69) is 5.10 Å². The molecule has 3 heterocycles. The first kappa shape index (κ1) is 19.5. The van der Waals surface area contributed by atoms with Gasteiger partial charge in [0.15, 0.2) is 5.69 Å². The smallest absolute Gasteiger partial charge is 0.275 e. The lowest BCUT2D eigenvalue weighted by atomic mass is 10.1. The number of likely N-dealkylation sites (tertiary alicyclic amines) is 2. The van der Waals surface area contributed by atoms with Crippen LogP contribution in [0.1, 0.15) is 23.3 Å². The first-order valence-corrected chi connectivity index (χ1v) is 10.4. The van der Waals surface area contributed by atoms with Gasteiger partial charge in [-0.25, -0.2) is 4.39 Å². The molecule has 2 fully saturated rings. The molecule has 160 valence electrons. The predicted octanol–water partition coefficient (Wildman–Crippen LogP) is 2.61. The lowest BCUT2D eigenvalue weighted by Crippen LogP contribution is -2.41. The summed E-state index contributed by atoms with van der Waals surface area (Å²) in [5.74, 6) is 0.152. The molecule has 3 aromatic rings. The maximum absolute atomic E-state index is 13.3. The van der Waals surface area contributed by atoms with Gasteiger partial charge >= 0.3 is 0 Å². The Kier molecular flexibility index (Phi) is 4.84. The summed E-state index contributed by atoms with van der Waals surface area (Å²) in [4.78, 5) is 29.6. The minimum atomic E-state index is -0.318. The Balaban J connectivity index is 1.27. The molecular formula is C23H23FN4O3. The molecule has 2 amide bonds. The highest BCUT2D eigenvalue weighted by Gasteiger charge is 2.48. The molecule has 2 aromatic carbocycles. The highest BCUT2D eigenvalue weighted by atomic mass is 19.1. The number of ether oxygens (including phenoxy) is 1. The average molecular weight is 422 g/mol. The average Bonchev–Trinajstić information content (AvgIpc) is 3.42. The SMILES string of the molecule is Cn1nc(C(=O)N2CC[C@H]3[C@@H]2CC(=O)N3CCOc2ccc(F)cc2)c2ccccc21. The number of halogens is 1. The molecule has 0 unspecified atom stereocenters. The lowest BCUT2D eigenvalue weighted by molar-refractivity contribution is -0.129. The summed E-state index contributed by atoms with van der Waals surface area (Å²) in [5.41, 5.74) is 1.34. The fourth-order valence-electron chi connectivity index (χ4n) is 4.77. The molecule has 1 aromatic heterocycles. The van der Waals surface area contributed by atoms with E-state index in [1.165, 1.54) is 12.1 Å². The van der Waals surface area contributed by atoms with Gasteiger partial charge in [-0.3, -0.25) is 14.3 Å². The van der Waals surface area contributed by atoms with Gasteiger partial charge in [0.1, 0.15) is 18.2 Å². The second-order valence-corrected chi connectivity index (χ2v) is 8.00. The Hall–Kier alpha value is -3.42. The van der Waals surface area contributed by atoms with Gasteiger partial charge in [0, 0.05) is 25.4 Å². The molecule has 0 spiro atoms. The van der Waals surface area contributed by atoms with Crippen LogP contribution in [0.5, 0.6) is 5.75 Å². The number of hydrogen-bond donors (Lipinski definition) is 0. The maximum atomic E-state index is 13.3. The van der Waals surface area contributed by atoms with E-state index in [1.807, 2.05) is 36.2 Å². The number of carbonyl (C=O) groups excluding carboxylic acids is 2. The third kappa shape index (κ3) is 3.41. The number of carbonyl (C=O) groups is 2. The summed E-state index contributed by atoms with van der Waals surface area (Å²) in [7, 11) is 1.83. The summed E-state index contributed by atoms with van der Waals surface area (Å²) >= 11 is 0. The quantitative estimate of drug-likeness (QED) is 0.634. The van der Waals surface area contributed by atoms with Crippen molar-refractivity contribution in [3.05, 3.63) is 60.0 Å². The van der Waals surface area contributed by atoms with E-state index in [0.29, 0.717) is 37.6 Å². The van der Waals surface area contributed by atoms with E-state index < -0.39 is 0 Å². The number of amides is 2. The zero-order chi connectivity index (χ0) is 21.5. The van der Waals surface area contributed by atoms with Gasteiger partial charge in [-0.2, -0.15) is 5.10 Å². The fraction of sp³-hybridized carbons (Fsp3) is 0.348. The lowest BCUT2D eigenvalue weighted by Gasteiger charge is -2.25. The monoisotopic (exact) mass is 422 g/mol. The summed E-state index contributed by atoms with van der Waals surface area (Å²) in [6, 6.07) is 13.3. The van der Waals surface area contributed by atoms with Gasteiger partial charge in [0.25, 0.3) is 5.91 Å². The van der Waals surface area contributed by atoms with E-state index in [1.54, 1.807) is 21.7 Å². The Morgan fingerprint density at radius 1 is 1.16 bits per heavy atom. The largest absolute Gasteiger partial charge is 0.492 e. The van der Waals surface area contributed by atoms with Crippen LogP contribution in [0.15, 0.2) is 48.5 Å². The van der Waals surface area contributed by atoms with Crippen molar-refractivity contribution in [3.8, 4) is 5.75 Å². The molecule has 0 bridgehead atoms.